The summed E-state index contributed by atoms with van der Waals surface area (Å²) in [7, 11) is 0. The van der Waals surface area contributed by atoms with Crippen LogP contribution in [0.25, 0.3) is 0 Å². The van der Waals surface area contributed by atoms with E-state index in [0.717, 1.165) is 48.1 Å². The fourth-order valence-electron chi connectivity index (χ4n) is 2.94. The van der Waals surface area contributed by atoms with E-state index in [-0.39, 0.29) is 6.03 Å². The third-order valence-corrected chi connectivity index (χ3v) is 5.42. The van der Waals surface area contributed by atoms with Crippen molar-refractivity contribution in [3.8, 4) is 0 Å². The third kappa shape index (κ3) is 4.26. The second-order valence-electron chi connectivity index (χ2n) is 5.95. The molecule has 0 bridgehead atoms. The average molecular weight is 353 g/mol. The molecule has 2 aromatic rings. The van der Waals surface area contributed by atoms with Crippen LogP contribution < -0.4 is 5.32 Å². The molecular weight excluding hydrogens is 332 g/mol. The molecule has 5 nitrogen and oxygen atoms in total. The normalized spacial score (nSPS) is 18.2. The zero-order valence-corrected chi connectivity index (χ0v) is 14.7. The predicted molar refractivity (Wildman–Crippen MR) is 93.3 cm³/mol. The Labute approximate surface area is 145 Å². The first-order valence-corrected chi connectivity index (χ1v) is 9.10. The second kappa shape index (κ2) is 7.36. The van der Waals surface area contributed by atoms with Crippen molar-refractivity contribution in [1.29, 1.82) is 0 Å². The van der Waals surface area contributed by atoms with Gasteiger partial charge < -0.3 is 10.2 Å². The van der Waals surface area contributed by atoms with Crippen LogP contribution in [0.15, 0.2) is 18.2 Å². The van der Waals surface area contributed by atoms with Crippen LogP contribution in [-0.2, 0) is 6.42 Å². The van der Waals surface area contributed by atoms with E-state index in [9.17, 15) is 4.79 Å². The van der Waals surface area contributed by atoms with Crippen LogP contribution in [0.2, 0.25) is 4.34 Å². The SMILES string of the molecule is Cc1cc(C2CCCN(C(=O)NCCc3ccc(Cl)s3)C2)n[nH]1. The monoisotopic (exact) mass is 352 g/mol. The molecule has 0 aliphatic carbocycles. The molecule has 0 saturated carbocycles. The van der Waals surface area contributed by atoms with Crippen molar-refractivity contribution in [3.05, 3.63) is 38.8 Å². The molecule has 2 aromatic heterocycles. The van der Waals surface area contributed by atoms with E-state index in [4.69, 9.17) is 11.6 Å². The molecule has 7 heteroatoms. The third-order valence-electron chi connectivity index (χ3n) is 4.13. The average Bonchev–Trinajstić information content (AvgIpc) is 3.16. The number of halogens is 1. The van der Waals surface area contributed by atoms with Crippen molar-refractivity contribution in [2.45, 2.75) is 32.1 Å². The molecular formula is C16H21ClN4OS. The number of rotatable bonds is 4. The van der Waals surface area contributed by atoms with E-state index in [0.29, 0.717) is 12.5 Å². The maximum atomic E-state index is 12.3. The molecule has 124 valence electrons. The summed E-state index contributed by atoms with van der Waals surface area (Å²) >= 11 is 7.48. The van der Waals surface area contributed by atoms with E-state index in [1.807, 2.05) is 24.0 Å². The molecule has 23 heavy (non-hydrogen) atoms. The lowest BCUT2D eigenvalue weighted by Gasteiger charge is -2.32. The second-order valence-corrected chi connectivity index (χ2v) is 7.75. The minimum atomic E-state index is 0.0182. The lowest BCUT2D eigenvalue weighted by Crippen LogP contribution is -2.45. The number of hydrogen-bond donors (Lipinski definition) is 2. The van der Waals surface area contributed by atoms with Gasteiger partial charge in [-0.3, -0.25) is 5.10 Å². The van der Waals surface area contributed by atoms with Gasteiger partial charge in [0.05, 0.1) is 10.0 Å². The fraction of sp³-hybridized carbons (Fsp3) is 0.500. The zero-order valence-electron chi connectivity index (χ0n) is 13.1. The van der Waals surface area contributed by atoms with Crippen molar-refractivity contribution in [1.82, 2.24) is 20.4 Å². The minimum Gasteiger partial charge on any atom is -0.338 e. The largest absolute Gasteiger partial charge is 0.338 e. The molecule has 0 spiro atoms. The first kappa shape index (κ1) is 16.3. The Balaban J connectivity index is 1.48. The lowest BCUT2D eigenvalue weighted by atomic mass is 9.95. The summed E-state index contributed by atoms with van der Waals surface area (Å²) in [6.45, 7) is 4.19. The minimum absolute atomic E-state index is 0.0182. The highest BCUT2D eigenvalue weighted by atomic mass is 35.5. The van der Waals surface area contributed by atoms with Gasteiger partial charge in [-0.25, -0.2) is 4.79 Å². The number of H-pyrrole nitrogens is 1. The van der Waals surface area contributed by atoms with Gasteiger partial charge in [0.15, 0.2) is 0 Å². The van der Waals surface area contributed by atoms with E-state index in [1.54, 1.807) is 11.3 Å². The number of thiophene rings is 1. The molecule has 1 unspecified atom stereocenters. The number of hydrogen-bond acceptors (Lipinski definition) is 3. The standard InChI is InChI=1S/C16H21ClN4OS/c1-11-9-14(20-19-11)12-3-2-8-21(10-12)16(22)18-7-6-13-4-5-15(17)23-13/h4-5,9,12H,2-3,6-8,10H2,1H3,(H,18,22)(H,19,20). The molecule has 3 heterocycles. The molecule has 1 aliphatic heterocycles. The fourth-order valence-corrected chi connectivity index (χ4v) is 4.03. The van der Waals surface area contributed by atoms with E-state index in [1.165, 1.54) is 4.88 Å². The van der Waals surface area contributed by atoms with Crippen molar-refractivity contribution in [3.63, 3.8) is 0 Å². The molecule has 1 aliphatic rings. The summed E-state index contributed by atoms with van der Waals surface area (Å²) in [5.74, 6) is 0.329. The number of aryl methyl sites for hydroxylation is 1. The smallest absolute Gasteiger partial charge is 0.317 e. The summed E-state index contributed by atoms with van der Waals surface area (Å²) in [6, 6.07) is 6.00. The van der Waals surface area contributed by atoms with Crippen LogP contribution in [0.1, 0.15) is 35.0 Å². The predicted octanol–water partition coefficient (Wildman–Crippen LogP) is 3.56. The molecule has 2 amide bonds. The molecule has 0 radical (unpaired) electrons. The lowest BCUT2D eigenvalue weighted by molar-refractivity contribution is 0.179. The van der Waals surface area contributed by atoms with Crippen molar-refractivity contribution < 1.29 is 4.79 Å². The summed E-state index contributed by atoms with van der Waals surface area (Å²) < 4.78 is 0.791. The Kier molecular flexibility index (Phi) is 5.23. The molecule has 1 fully saturated rings. The molecule has 3 rings (SSSR count). The molecule has 1 atom stereocenters. The Bertz CT molecular complexity index is 669. The van der Waals surface area contributed by atoms with Gasteiger partial charge in [-0.2, -0.15) is 5.10 Å². The Morgan fingerprint density at radius 2 is 2.43 bits per heavy atom. The number of nitrogens with one attached hydrogen (secondary N) is 2. The zero-order chi connectivity index (χ0) is 16.2. The summed E-state index contributed by atoms with van der Waals surface area (Å²) in [6.07, 6.45) is 2.92. The van der Waals surface area contributed by atoms with Crippen LogP contribution >= 0.6 is 22.9 Å². The Morgan fingerprint density at radius 3 is 3.13 bits per heavy atom. The van der Waals surface area contributed by atoms with Crippen molar-refractivity contribution >= 4 is 29.0 Å². The van der Waals surface area contributed by atoms with Crippen LogP contribution in [0.3, 0.4) is 0 Å². The summed E-state index contributed by atoms with van der Waals surface area (Å²) in [5, 5.41) is 10.3. The van der Waals surface area contributed by atoms with Gasteiger partial charge in [0.1, 0.15) is 0 Å². The number of likely N-dealkylation sites (tertiary alicyclic amines) is 1. The Morgan fingerprint density at radius 1 is 1.57 bits per heavy atom. The maximum absolute atomic E-state index is 12.3. The molecule has 2 N–H and O–H groups in total. The van der Waals surface area contributed by atoms with E-state index in [2.05, 4.69) is 21.6 Å². The quantitative estimate of drug-likeness (QED) is 0.883. The van der Waals surface area contributed by atoms with Gasteiger partial charge in [-0.15, -0.1) is 11.3 Å². The van der Waals surface area contributed by atoms with E-state index < -0.39 is 0 Å². The van der Waals surface area contributed by atoms with Crippen LogP contribution in [0.4, 0.5) is 4.79 Å². The van der Waals surface area contributed by atoms with Crippen molar-refractivity contribution in [2.75, 3.05) is 19.6 Å². The van der Waals surface area contributed by atoms with Gasteiger partial charge in [-0.1, -0.05) is 11.6 Å². The number of aromatic amines is 1. The first-order chi connectivity index (χ1) is 11.1. The number of urea groups is 1. The van der Waals surface area contributed by atoms with Crippen LogP contribution in [0.5, 0.6) is 0 Å². The number of carbonyl (C=O) groups excluding carboxylic acids is 1. The molecule has 0 aromatic carbocycles. The number of piperidine rings is 1. The summed E-state index contributed by atoms with van der Waals surface area (Å²) in [5.41, 5.74) is 2.13. The Hall–Kier alpha value is -1.53. The number of carbonyl (C=O) groups is 1. The van der Waals surface area contributed by atoms with Gasteiger partial charge in [0.2, 0.25) is 0 Å². The van der Waals surface area contributed by atoms with Crippen molar-refractivity contribution in [2.24, 2.45) is 0 Å². The molecule has 1 saturated heterocycles. The number of amides is 2. The highest BCUT2D eigenvalue weighted by Gasteiger charge is 2.25. The van der Waals surface area contributed by atoms with E-state index >= 15 is 0 Å². The first-order valence-electron chi connectivity index (χ1n) is 7.90. The van der Waals surface area contributed by atoms with Gasteiger partial charge in [-0.05, 0) is 44.4 Å². The highest BCUT2D eigenvalue weighted by molar-refractivity contribution is 7.16. The highest BCUT2D eigenvalue weighted by Crippen LogP contribution is 2.26. The summed E-state index contributed by atoms with van der Waals surface area (Å²) in [4.78, 5) is 15.4. The van der Waals surface area contributed by atoms with Gasteiger partial charge in [0, 0.05) is 36.1 Å². The van der Waals surface area contributed by atoms with Crippen LogP contribution in [-0.4, -0.2) is 40.8 Å². The van der Waals surface area contributed by atoms with Crippen LogP contribution in [0, 0.1) is 6.92 Å². The van der Waals surface area contributed by atoms with Gasteiger partial charge >= 0.3 is 6.03 Å². The number of nitrogens with zero attached hydrogens (tertiary/aromatic N) is 2. The maximum Gasteiger partial charge on any atom is 0.317 e. The topological polar surface area (TPSA) is 61.0 Å². The van der Waals surface area contributed by atoms with Gasteiger partial charge in [0.25, 0.3) is 0 Å². The number of aromatic nitrogens is 2.